The second-order valence-corrected chi connectivity index (χ2v) is 9.03. The van der Waals surface area contributed by atoms with Crippen molar-refractivity contribution < 1.29 is 14.3 Å². The molecule has 0 aromatic carbocycles. The van der Waals surface area contributed by atoms with E-state index in [4.69, 9.17) is 4.74 Å². The van der Waals surface area contributed by atoms with Gasteiger partial charge in [0.2, 0.25) is 0 Å². The molecule has 0 aliphatic carbocycles. The number of fused-ring (bicyclic) bond motifs is 1. The molecule has 5 rings (SSSR count). The number of carbonyl (C=O) groups excluding carboxylic acids is 2. The Morgan fingerprint density at radius 1 is 1.38 bits per heavy atom. The summed E-state index contributed by atoms with van der Waals surface area (Å²) in [6.07, 6.45) is 1.93. The lowest BCUT2D eigenvalue weighted by molar-refractivity contribution is -0.124. The van der Waals surface area contributed by atoms with Crippen LogP contribution in [0.1, 0.15) is 33.9 Å². The van der Waals surface area contributed by atoms with Crippen molar-refractivity contribution in [2.45, 2.75) is 31.9 Å². The van der Waals surface area contributed by atoms with Crippen LogP contribution < -0.4 is 5.32 Å². The predicted molar refractivity (Wildman–Crippen MR) is 110 cm³/mol. The van der Waals surface area contributed by atoms with Crippen molar-refractivity contribution in [3.63, 3.8) is 0 Å². The van der Waals surface area contributed by atoms with Crippen molar-refractivity contribution in [2.75, 3.05) is 18.5 Å². The van der Waals surface area contributed by atoms with E-state index < -0.39 is 0 Å². The van der Waals surface area contributed by atoms with Gasteiger partial charge in [-0.1, -0.05) is 17.4 Å². The molecular weight excluding hydrogens is 410 g/mol. The van der Waals surface area contributed by atoms with Gasteiger partial charge in [0.15, 0.2) is 10.8 Å². The van der Waals surface area contributed by atoms with E-state index in [-0.39, 0.29) is 17.9 Å². The fourth-order valence-corrected chi connectivity index (χ4v) is 5.26. The van der Waals surface area contributed by atoms with E-state index in [1.54, 1.807) is 22.3 Å². The minimum atomic E-state index is -0.383. The fourth-order valence-electron chi connectivity index (χ4n) is 3.54. The first-order valence-electron chi connectivity index (χ1n) is 9.47. The normalized spacial score (nSPS) is 18.6. The van der Waals surface area contributed by atoms with Crippen molar-refractivity contribution in [3.8, 4) is 10.6 Å². The van der Waals surface area contributed by atoms with E-state index in [0.717, 1.165) is 34.0 Å². The summed E-state index contributed by atoms with van der Waals surface area (Å²) in [4.78, 5) is 33.5. The first-order chi connectivity index (χ1) is 14.2. The van der Waals surface area contributed by atoms with E-state index in [2.05, 4.69) is 20.5 Å². The molecule has 1 atom stereocenters. The van der Waals surface area contributed by atoms with Crippen LogP contribution in [-0.4, -0.2) is 51.2 Å². The number of hydrogen-bond donors (Lipinski definition) is 2. The van der Waals surface area contributed by atoms with Crippen molar-refractivity contribution in [3.05, 3.63) is 39.8 Å². The van der Waals surface area contributed by atoms with Gasteiger partial charge in [0, 0.05) is 24.4 Å². The van der Waals surface area contributed by atoms with Gasteiger partial charge in [0.1, 0.15) is 6.10 Å². The average Bonchev–Trinajstić information content (AvgIpc) is 3.53. The maximum absolute atomic E-state index is 12.9. The highest BCUT2D eigenvalue weighted by Crippen LogP contribution is 2.30. The third kappa shape index (κ3) is 3.70. The minimum Gasteiger partial charge on any atom is -0.368 e. The Labute approximate surface area is 174 Å². The topological polar surface area (TPSA) is 100 Å². The highest BCUT2D eigenvalue weighted by atomic mass is 32.1. The monoisotopic (exact) mass is 429 g/mol. The molecule has 1 fully saturated rings. The summed E-state index contributed by atoms with van der Waals surface area (Å²) in [6.45, 7) is 1.68. The maximum atomic E-state index is 12.9. The number of anilines is 1. The molecule has 5 heterocycles. The lowest BCUT2D eigenvalue weighted by atomic mass is 10.1. The summed E-state index contributed by atoms with van der Waals surface area (Å²) < 4.78 is 5.42. The van der Waals surface area contributed by atoms with Crippen LogP contribution in [0.15, 0.2) is 23.6 Å². The summed E-state index contributed by atoms with van der Waals surface area (Å²) in [7, 11) is 0. The first-order valence-corrected chi connectivity index (χ1v) is 11.2. The Balaban J connectivity index is 1.26. The zero-order valence-corrected chi connectivity index (χ0v) is 17.1. The molecular formula is C19H19N5O3S2. The Kier molecular flexibility index (Phi) is 4.90. The van der Waals surface area contributed by atoms with Crippen LogP contribution in [0.2, 0.25) is 0 Å². The van der Waals surface area contributed by atoms with E-state index in [0.29, 0.717) is 36.9 Å². The number of aromatic amines is 1. The molecule has 8 nitrogen and oxygen atoms in total. The second kappa shape index (κ2) is 7.69. The highest BCUT2D eigenvalue weighted by Gasteiger charge is 2.28. The predicted octanol–water partition coefficient (Wildman–Crippen LogP) is 2.91. The van der Waals surface area contributed by atoms with Crippen molar-refractivity contribution in [2.24, 2.45) is 0 Å². The number of ether oxygens (including phenoxy) is 1. The Hall–Kier alpha value is -2.56. The molecule has 3 aromatic heterocycles. The van der Waals surface area contributed by atoms with Gasteiger partial charge in [-0.2, -0.15) is 5.10 Å². The number of rotatable bonds is 4. The van der Waals surface area contributed by atoms with Gasteiger partial charge in [-0.3, -0.25) is 20.0 Å². The third-order valence-electron chi connectivity index (χ3n) is 5.05. The third-order valence-corrected chi connectivity index (χ3v) is 6.96. The van der Waals surface area contributed by atoms with Crippen LogP contribution >= 0.6 is 22.7 Å². The molecule has 1 unspecified atom stereocenters. The number of amides is 2. The van der Waals surface area contributed by atoms with E-state index in [9.17, 15) is 9.59 Å². The van der Waals surface area contributed by atoms with Crippen molar-refractivity contribution >= 4 is 39.6 Å². The van der Waals surface area contributed by atoms with Crippen LogP contribution in [0.25, 0.3) is 10.6 Å². The van der Waals surface area contributed by atoms with Crippen LogP contribution in [0.5, 0.6) is 0 Å². The van der Waals surface area contributed by atoms with Gasteiger partial charge >= 0.3 is 0 Å². The Bertz CT molecular complexity index is 1040. The number of hydrogen-bond acceptors (Lipinski definition) is 7. The van der Waals surface area contributed by atoms with Crippen LogP contribution in [-0.2, 0) is 22.5 Å². The quantitative estimate of drug-likeness (QED) is 0.664. The minimum absolute atomic E-state index is 0.104. The SMILES string of the molecule is O=C(Nc1nc2c(s1)CN(C(=O)c1cc(-c3cccs3)[nH]n1)CC2)C1CCCO1. The van der Waals surface area contributed by atoms with Gasteiger partial charge in [0.25, 0.3) is 11.8 Å². The Morgan fingerprint density at radius 3 is 3.10 bits per heavy atom. The van der Waals surface area contributed by atoms with E-state index in [1.807, 2.05) is 17.5 Å². The standard InChI is InChI=1S/C19H19N5O3S2/c25-17(14-3-1-7-27-14)21-19-20-11-5-6-24(10-16(11)29-19)18(26)13-9-12(22-23-13)15-4-2-8-28-15/h2,4,8-9,14H,1,3,5-7,10H2,(H,22,23)(H,20,21,25). The summed E-state index contributed by atoms with van der Waals surface area (Å²) in [5.74, 6) is -0.243. The number of H-pyrrole nitrogens is 1. The second-order valence-electron chi connectivity index (χ2n) is 7.00. The molecule has 1 saturated heterocycles. The number of carbonyl (C=O) groups is 2. The molecule has 2 amide bonds. The summed E-state index contributed by atoms with van der Waals surface area (Å²) >= 11 is 3.02. The van der Waals surface area contributed by atoms with Gasteiger partial charge in [-0.15, -0.1) is 11.3 Å². The molecule has 3 aromatic rings. The van der Waals surface area contributed by atoms with Gasteiger partial charge in [-0.05, 0) is 30.4 Å². The molecule has 2 aliphatic heterocycles. The van der Waals surface area contributed by atoms with Crippen LogP contribution in [0.4, 0.5) is 5.13 Å². The molecule has 150 valence electrons. The molecule has 2 N–H and O–H groups in total. The van der Waals surface area contributed by atoms with Crippen LogP contribution in [0, 0.1) is 0 Å². The number of thiazole rings is 1. The van der Waals surface area contributed by atoms with E-state index >= 15 is 0 Å². The Morgan fingerprint density at radius 2 is 2.31 bits per heavy atom. The molecule has 0 saturated carbocycles. The van der Waals surface area contributed by atoms with Crippen LogP contribution in [0.3, 0.4) is 0 Å². The molecule has 0 bridgehead atoms. The molecule has 10 heteroatoms. The number of nitrogens with zero attached hydrogens (tertiary/aromatic N) is 3. The highest BCUT2D eigenvalue weighted by molar-refractivity contribution is 7.16. The molecule has 0 radical (unpaired) electrons. The molecule has 0 spiro atoms. The summed E-state index contributed by atoms with van der Waals surface area (Å²) in [5.41, 5.74) is 2.20. The largest absolute Gasteiger partial charge is 0.368 e. The first kappa shape index (κ1) is 18.5. The zero-order valence-electron chi connectivity index (χ0n) is 15.5. The summed E-state index contributed by atoms with van der Waals surface area (Å²) in [6, 6.07) is 5.75. The van der Waals surface area contributed by atoms with Crippen molar-refractivity contribution in [1.82, 2.24) is 20.1 Å². The lowest BCUT2D eigenvalue weighted by Gasteiger charge is -2.25. The van der Waals surface area contributed by atoms with Gasteiger partial charge in [0.05, 0.1) is 22.8 Å². The smallest absolute Gasteiger partial charge is 0.274 e. The molecule has 29 heavy (non-hydrogen) atoms. The number of aromatic nitrogens is 3. The van der Waals surface area contributed by atoms with E-state index in [1.165, 1.54) is 11.3 Å². The van der Waals surface area contributed by atoms with Gasteiger partial charge < -0.3 is 9.64 Å². The lowest BCUT2D eigenvalue weighted by Crippen LogP contribution is -2.35. The number of nitrogens with one attached hydrogen (secondary N) is 2. The fraction of sp³-hybridized carbons (Fsp3) is 0.368. The van der Waals surface area contributed by atoms with Crippen molar-refractivity contribution in [1.29, 1.82) is 0 Å². The maximum Gasteiger partial charge on any atom is 0.274 e. The zero-order chi connectivity index (χ0) is 19.8. The van der Waals surface area contributed by atoms with Gasteiger partial charge in [-0.25, -0.2) is 4.98 Å². The average molecular weight is 430 g/mol. The molecule has 2 aliphatic rings. The summed E-state index contributed by atoms with van der Waals surface area (Å²) in [5, 5.41) is 12.6. The number of thiophene rings is 1.